The van der Waals surface area contributed by atoms with Crippen molar-refractivity contribution in [3.8, 4) is 5.69 Å². The van der Waals surface area contributed by atoms with E-state index < -0.39 is 11.9 Å². The van der Waals surface area contributed by atoms with Crippen LogP contribution in [0.3, 0.4) is 0 Å². The zero-order valence-corrected chi connectivity index (χ0v) is 15.2. The number of thiophene rings is 1. The van der Waals surface area contributed by atoms with Crippen molar-refractivity contribution in [1.29, 1.82) is 0 Å². The molecular weight excluding hydrogens is 352 g/mol. The Balaban J connectivity index is 1.42. The third-order valence-electron chi connectivity index (χ3n) is 5.47. The zero-order chi connectivity index (χ0) is 18.1. The molecule has 0 saturated carbocycles. The van der Waals surface area contributed by atoms with Crippen molar-refractivity contribution in [3.63, 3.8) is 0 Å². The van der Waals surface area contributed by atoms with E-state index in [9.17, 15) is 14.7 Å². The molecule has 2 saturated heterocycles. The molecule has 0 bridgehead atoms. The fourth-order valence-electron chi connectivity index (χ4n) is 4.08. The molecule has 7 heteroatoms. The summed E-state index contributed by atoms with van der Waals surface area (Å²) in [4.78, 5) is 27.0. The Hall–Kier alpha value is -2.12. The lowest BCUT2D eigenvalue weighted by Gasteiger charge is -2.35. The van der Waals surface area contributed by atoms with E-state index in [-0.39, 0.29) is 17.9 Å². The second kappa shape index (κ2) is 7.25. The molecule has 26 heavy (non-hydrogen) atoms. The van der Waals surface area contributed by atoms with E-state index in [2.05, 4.69) is 0 Å². The summed E-state index contributed by atoms with van der Waals surface area (Å²) in [6.07, 6.45) is 5.86. The Bertz CT molecular complexity index is 777. The molecule has 138 valence electrons. The minimum Gasteiger partial charge on any atom is -0.481 e. The van der Waals surface area contributed by atoms with Gasteiger partial charge in [0.25, 0.3) is 5.91 Å². The van der Waals surface area contributed by atoms with Gasteiger partial charge in [0, 0.05) is 32.1 Å². The molecule has 2 aliphatic heterocycles. The van der Waals surface area contributed by atoms with E-state index in [1.54, 1.807) is 0 Å². The highest BCUT2D eigenvalue weighted by molar-refractivity contribution is 7.12. The number of carbonyl (C=O) groups is 2. The summed E-state index contributed by atoms with van der Waals surface area (Å²) in [6.45, 7) is 1.83. The first-order valence-corrected chi connectivity index (χ1v) is 9.87. The molecule has 2 aliphatic rings. The number of ether oxygens (including phenoxy) is 1. The summed E-state index contributed by atoms with van der Waals surface area (Å²) < 4.78 is 7.68. The van der Waals surface area contributed by atoms with Crippen molar-refractivity contribution < 1.29 is 19.4 Å². The molecule has 0 spiro atoms. The van der Waals surface area contributed by atoms with Gasteiger partial charge in [0.15, 0.2) is 0 Å². The highest BCUT2D eigenvalue weighted by Gasteiger charge is 2.41. The van der Waals surface area contributed by atoms with Crippen LogP contribution in [-0.4, -0.2) is 52.3 Å². The number of carboxylic acid groups (broad SMARTS) is 1. The molecule has 2 atom stereocenters. The first-order chi connectivity index (χ1) is 12.6. The maximum absolute atomic E-state index is 13.0. The summed E-state index contributed by atoms with van der Waals surface area (Å²) in [6, 6.07) is 5.85. The average Bonchev–Trinajstić information content (AvgIpc) is 3.41. The van der Waals surface area contributed by atoms with E-state index in [1.165, 1.54) is 11.3 Å². The molecule has 4 heterocycles. The van der Waals surface area contributed by atoms with Crippen molar-refractivity contribution in [2.75, 3.05) is 19.7 Å². The number of likely N-dealkylation sites (tertiary alicyclic amines) is 1. The van der Waals surface area contributed by atoms with Crippen LogP contribution in [0.5, 0.6) is 0 Å². The van der Waals surface area contributed by atoms with Crippen LogP contribution in [0.4, 0.5) is 0 Å². The molecule has 4 rings (SSSR count). The molecule has 2 aromatic heterocycles. The second-order valence-corrected chi connectivity index (χ2v) is 7.84. The van der Waals surface area contributed by atoms with Gasteiger partial charge >= 0.3 is 5.97 Å². The van der Waals surface area contributed by atoms with Gasteiger partial charge in [-0.25, -0.2) is 0 Å². The Labute approximate surface area is 156 Å². The lowest BCUT2D eigenvalue weighted by molar-refractivity contribution is -0.145. The van der Waals surface area contributed by atoms with Gasteiger partial charge in [-0.2, -0.15) is 0 Å². The quantitative estimate of drug-likeness (QED) is 0.893. The van der Waals surface area contributed by atoms with Gasteiger partial charge in [-0.3, -0.25) is 9.59 Å². The Morgan fingerprint density at radius 2 is 1.88 bits per heavy atom. The Morgan fingerprint density at radius 3 is 2.58 bits per heavy atom. The molecule has 2 aromatic rings. The monoisotopic (exact) mass is 374 g/mol. The predicted molar refractivity (Wildman–Crippen MR) is 97.8 cm³/mol. The number of carbonyl (C=O) groups excluding carboxylic acids is 1. The fraction of sp³-hybridized carbons (Fsp3) is 0.474. The normalized spacial score (nSPS) is 24.1. The Morgan fingerprint density at radius 1 is 1.15 bits per heavy atom. The van der Waals surface area contributed by atoms with Crippen LogP contribution < -0.4 is 0 Å². The van der Waals surface area contributed by atoms with Gasteiger partial charge in [-0.05, 0) is 48.8 Å². The van der Waals surface area contributed by atoms with Crippen LogP contribution in [0.2, 0.25) is 0 Å². The summed E-state index contributed by atoms with van der Waals surface area (Å²) in [5, 5.41) is 11.3. The van der Waals surface area contributed by atoms with Gasteiger partial charge in [-0.1, -0.05) is 0 Å². The van der Waals surface area contributed by atoms with E-state index in [0.717, 1.165) is 23.4 Å². The first kappa shape index (κ1) is 17.3. The van der Waals surface area contributed by atoms with E-state index in [0.29, 0.717) is 26.1 Å². The molecule has 0 aliphatic carbocycles. The molecule has 1 amide bonds. The lowest BCUT2D eigenvalue weighted by Crippen LogP contribution is -2.43. The highest BCUT2D eigenvalue weighted by atomic mass is 32.1. The second-order valence-electron chi connectivity index (χ2n) is 6.92. The number of hydrogen-bond donors (Lipinski definition) is 1. The Kier molecular flexibility index (Phi) is 4.82. The molecule has 1 N–H and O–H groups in total. The summed E-state index contributed by atoms with van der Waals surface area (Å²) in [5.74, 6) is -0.889. The van der Waals surface area contributed by atoms with E-state index in [1.807, 2.05) is 45.4 Å². The van der Waals surface area contributed by atoms with E-state index in [4.69, 9.17) is 4.74 Å². The van der Waals surface area contributed by atoms with Crippen LogP contribution in [0.25, 0.3) is 5.69 Å². The number of hydrogen-bond acceptors (Lipinski definition) is 4. The highest BCUT2D eigenvalue weighted by Crippen LogP contribution is 2.34. The summed E-state index contributed by atoms with van der Waals surface area (Å²) >= 11 is 1.47. The lowest BCUT2D eigenvalue weighted by atomic mass is 9.84. The molecule has 6 nitrogen and oxygen atoms in total. The van der Waals surface area contributed by atoms with Gasteiger partial charge in [0.05, 0.1) is 17.7 Å². The fourth-order valence-corrected chi connectivity index (χ4v) is 4.93. The predicted octanol–water partition coefficient (Wildman–Crippen LogP) is 2.88. The maximum atomic E-state index is 13.0. The minimum atomic E-state index is -0.763. The third kappa shape index (κ3) is 3.17. The molecule has 0 radical (unpaired) electrons. The van der Waals surface area contributed by atoms with E-state index >= 15 is 0 Å². The number of aliphatic carboxylic acids is 1. The van der Waals surface area contributed by atoms with Crippen LogP contribution in [-0.2, 0) is 9.53 Å². The first-order valence-electron chi connectivity index (χ1n) is 8.99. The van der Waals surface area contributed by atoms with Gasteiger partial charge < -0.3 is 19.3 Å². The SMILES string of the molecule is O=C(O)C1CCO[C@H]1C1CCN(C(=O)c2sccc2-n2cccc2)CC1. The van der Waals surface area contributed by atoms with Gasteiger partial charge in [0.2, 0.25) is 0 Å². The zero-order valence-electron chi connectivity index (χ0n) is 14.4. The largest absolute Gasteiger partial charge is 0.481 e. The van der Waals surface area contributed by atoms with Crippen molar-refractivity contribution in [2.45, 2.75) is 25.4 Å². The molecular formula is C19H22N2O4S. The molecule has 0 aromatic carbocycles. The van der Waals surface area contributed by atoms with Gasteiger partial charge in [-0.15, -0.1) is 11.3 Å². The van der Waals surface area contributed by atoms with Crippen molar-refractivity contribution in [1.82, 2.24) is 9.47 Å². The number of nitrogens with zero attached hydrogens (tertiary/aromatic N) is 2. The summed E-state index contributed by atoms with van der Waals surface area (Å²) in [5.41, 5.74) is 0.914. The van der Waals surface area contributed by atoms with Crippen LogP contribution in [0.1, 0.15) is 28.9 Å². The van der Waals surface area contributed by atoms with Crippen molar-refractivity contribution in [2.24, 2.45) is 11.8 Å². The smallest absolute Gasteiger partial charge is 0.309 e. The number of carboxylic acids is 1. The van der Waals surface area contributed by atoms with Crippen LogP contribution >= 0.6 is 11.3 Å². The van der Waals surface area contributed by atoms with Crippen molar-refractivity contribution in [3.05, 3.63) is 40.8 Å². The van der Waals surface area contributed by atoms with Crippen molar-refractivity contribution >= 4 is 23.2 Å². The molecule has 2 fully saturated rings. The topological polar surface area (TPSA) is 71.8 Å². The van der Waals surface area contributed by atoms with Crippen LogP contribution in [0.15, 0.2) is 36.0 Å². The van der Waals surface area contributed by atoms with Crippen LogP contribution in [0, 0.1) is 11.8 Å². The number of aromatic nitrogens is 1. The standard InChI is InChI=1S/C19H22N2O4S/c22-18(17-15(6-12-26-17)20-7-1-2-8-20)21-9-3-13(4-10-21)16-14(19(23)24)5-11-25-16/h1-2,6-8,12-14,16H,3-5,9-11H2,(H,23,24)/t14?,16-/m0/s1. The van der Waals surface area contributed by atoms with Gasteiger partial charge in [0.1, 0.15) is 4.88 Å². The number of amides is 1. The molecule has 1 unspecified atom stereocenters. The number of rotatable bonds is 4. The minimum absolute atomic E-state index is 0.0595. The summed E-state index contributed by atoms with van der Waals surface area (Å²) in [7, 11) is 0. The maximum Gasteiger partial charge on any atom is 0.309 e. The number of piperidine rings is 1. The average molecular weight is 374 g/mol. The third-order valence-corrected chi connectivity index (χ3v) is 6.36.